The minimum absolute atomic E-state index is 0.273. The van der Waals surface area contributed by atoms with Crippen molar-refractivity contribution in [2.75, 3.05) is 0 Å². The van der Waals surface area contributed by atoms with Gasteiger partial charge in [0.2, 0.25) is 5.78 Å². The van der Waals surface area contributed by atoms with E-state index in [0.29, 0.717) is 0 Å². The van der Waals surface area contributed by atoms with Crippen LogP contribution in [0.4, 0.5) is 0 Å². The molecule has 3 heteroatoms. The summed E-state index contributed by atoms with van der Waals surface area (Å²) < 4.78 is 4.64. The zero-order chi connectivity index (χ0) is 53.0. The van der Waals surface area contributed by atoms with Gasteiger partial charge in [0.25, 0.3) is 0 Å². The number of fused-ring (bicyclic) bond motifs is 23. The van der Waals surface area contributed by atoms with Gasteiger partial charge in [-0.1, -0.05) is 233 Å². The fourth-order valence-corrected chi connectivity index (χ4v) is 14.3. The maximum absolute atomic E-state index is 5.28. The van der Waals surface area contributed by atoms with Crippen molar-refractivity contribution in [3.8, 4) is 72.4 Å². The molecule has 0 saturated carbocycles. The topological polar surface area (TPSA) is 22.2 Å². The molecule has 3 aliphatic carbocycles. The average molecular weight is 1020 g/mol. The molecule has 2 heterocycles. The highest BCUT2D eigenvalue weighted by molar-refractivity contribution is 6.32. The van der Waals surface area contributed by atoms with Crippen molar-refractivity contribution in [2.45, 2.75) is 26.2 Å². The first-order valence-corrected chi connectivity index (χ1v) is 28.0. The van der Waals surface area contributed by atoms with Crippen molar-refractivity contribution in [3.63, 3.8) is 0 Å². The molecule has 0 N–H and O–H groups in total. The molecule has 0 aliphatic heterocycles. The Morgan fingerprint density at radius 2 is 0.700 bits per heavy atom. The van der Waals surface area contributed by atoms with Crippen molar-refractivity contribution >= 4 is 92.5 Å². The molecule has 80 heavy (non-hydrogen) atoms. The molecular formula is C77H51N3. The SMILES string of the molecule is CC(C)(C)c1c(-c2ccc3c(c2)-c2ccccc2-c2cc(-n4c5ccccc5n5c6ccccc6nc45)ccc2-c2ccccc2-3)ccc2c3cccc4c3-c3c(cccc3c3ccccc3c12)c1ccccc1c1ccccc41. The van der Waals surface area contributed by atoms with Crippen LogP contribution in [0.25, 0.3) is 165 Å². The smallest absolute Gasteiger partial charge is 0.220 e. The molecule has 374 valence electrons. The van der Waals surface area contributed by atoms with E-state index in [4.69, 9.17) is 4.98 Å². The molecular weight excluding hydrogens is 967 g/mol. The normalized spacial score (nSPS) is 12.4. The Morgan fingerprint density at radius 1 is 0.300 bits per heavy atom. The molecule has 3 nitrogen and oxygen atoms in total. The van der Waals surface area contributed by atoms with Crippen LogP contribution in [0, 0.1) is 0 Å². The van der Waals surface area contributed by atoms with E-state index in [1.165, 1.54) is 137 Å². The molecule has 2 aromatic heterocycles. The van der Waals surface area contributed by atoms with Gasteiger partial charge < -0.3 is 0 Å². The van der Waals surface area contributed by atoms with Gasteiger partial charge >= 0.3 is 0 Å². The number of imidazole rings is 2. The van der Waals surface area contributed by atoms with Crippen LogP contribution in [-0.4, -0.2) is 14.0 Å². The lowest BCUT2D eigenvalue weighted by Gasteiger charge is -2.28. The van der Waals surface area contributed by atoms with E-state index in [2.05, 4.69) is 285 Å². The van der Waals surface area contributed by atoms with E-state index < -0.39 is 0 Å². The summed E-state index contributed by atoms with van der Waals surface area (Å²) in [5.41, 5.74) is 21.2. The first-order chi connectivity index (χ1) is 39.4. The van der Waals surface area contributed by atoms with Crippen molar-refractivity contribution in [2.24, 2.45) is 0 Å². The first kappa shape index (κ1) is 45.0. The lowest BCUT2D eigenvalue weighted by molar-refractivity contribution is 0.598. The Kier molecular flexibility index (Phi) is 9.39. The summed E-state index contributed by atoms with van der Waals surface area (Å²) in [4.78, 5) is 5.28. The maximum Gasteiger partial charge on any atom is 0.220 e. The van der Waals surface area contributed by atoms with E-state index in [9.17, 15) is 0 Å². The summed E-state index contributed by atoms with van der Waals surface area (Å²) in [5, 5.41) is 15.1. The Balaban J connectivity index is 0.956. The van der Waals surface area contributed by atoms with Crippen LogP contribution < -0.4 is 0 Å². The Morgan fingerprint density at radius 3 is 1.29 bits per heavy atom. The monoisotopic (exact) mass is 1020 g/mol. The fourth-order valence-electron chi connectivity index (χ4n) is 14.3. The molecule has 0 radical (unpaired) electrons. The Hall–Kier alpha value is -10.1. The van der Waals surface area contributed by atoms with Crippen LogP contribution in [0.2, 0.25) is 0 Å². The van der Waals surface area contributed by atoms with Crippen molar-refractivity contribution in [3.05, 3.63) is 260 Å². The highest BCUT2D eigenvalue weighted by atomic mass is 15.2. The van der Waals surface area contributed by atoms with E-state index in [1.54, 1.807) is 0 Å². The standard InChI is InChI=1S/C77H51N3/c1-77(2,3)75-48(42-43-65-64-33-19-31-61-54-25-9-7-21-50(54)49-20-6-8-24-53(49)60-30-18-32-62(72(60)73(61)64)57-28-12-13-29-63(57)74(65)75)46-38-40-58-51-22-4-5-23-52(51)59-41-39-47(45-67(59)56-27-11-10-26-55(56)66(58)44-46)79-70-36-16-17-37-71(70)80-69-35-15-14-34-68(69)78-76(79)80/h4-45H,1-3H3. The number of hydrogen-bond donors (Lipinski definition) is 0. The largest absolute Gasteiger partial charge is 0.278 e. The zero-order valence-electron chi connectivity index (χ0n) is 44.6. The molecule has 0 bridgehead atoms. The van der Waals surface area contributed by atoms with Crippen LogP contribution in [0.1, 0.15) is 26.3 Å². The summed E-state index contributed by atoms with van der Waals surface area (Å²) in [5.74, 6) is 0.902. The van der Waals surface area contributed by atoms with E-state index >= 15 is 0 Å². The number of rotatable bonds is 2. The van der Waals surface area contributed by atoms with Crippen molar-refractivity contribution < 1.29 is 0 Å². The second kappa shape index (κ2) is 16.7. The Bertz CT molecular complexity index is 5350. The van der Waals surface area contributed by atoms with Gasteiger partial charge in [0, 0.05) is 5.69 Å². The molecule has 0 fully saturated rings. The van der Waals surface area contributed by atoms with Crippen LogP contribution in [0.15, 0.2) is 255 Å². The van der Waals surface area contributed by atoms with Crippen LogP contribution in [0.5, 0.6) is 0 Å². The molecule has 0 unspecified atom stereocenters. The van der Waals surface area contributed by atoms with Gasteiger partial charge in [-0.3, -0.25) is 8.97 Å². The predicted molar refractivity (Wildman–Crippen MR) is 339 cm³/mol. The summed E-state index contributed by atoms with van der Waals surface area (Å²) in [6, 6.07) is 95.6. The third kappa shape index (κ3) is 6.29. The van der Waals surface area contributed by atoms with Gasteiger partial charge in [-0.15, -0.1) is 0 Å². The average Bonchev–Trinajstić information content (AvgIpc) is 3.46. The number of hydrogen-bond acceptors (Lipinski definition) is 1. The van der Waals surface area contributed by atoms with Crippen LogP contribution in [0.3, 0.4) is 0 Å². The number of aromatic nitrogens is 3. The Labute approximate surface area is 462 Å². The number of nitrogens with zero attached hydrogens (tertiary/aromatic N) is 3. The van der Waals surface area contributed by atoms with Gasteiger partial charge in [-0.05, 0) is 185 Å². The second-order valence-electron chi connectivity index (χ2n) is 22.9. The quantitative estimate of drug-likeness (QED) is 0.169. The van der Waals surface area contributed by atoms with Crippen LogP contribution >= 0.6 is 0 Å². The van der Waals surface area contributed by atoms with Gasteiger partial charge in [0.05, 0.1) is 22.1 Å². The summed E-state index contributed by atoms with van der Waals surface area (Å²) in [6.07, 6.45) is 0. The highest BCUT2D eigenvalue weighted by Gasteiger charge is 2.29. The molecule has 14 aromatic rings. The maximum atomic E-state index is 5.28. The third-order valence-corrected chi connectivity index (χ3v) is 17.5. The summed E-state index contributed by atoms with van der Waals surface area (Å²) >= 11 is 0. The zero-order valence-corrected chi connectivity index (χ0v) is 44.6. The van der Waals surface area contributed by atoms with Crippen LogP contribution in [-0.2, 0) is 5.41 Å². The van der Waals surface area contributed by atoms with Gasteiger partial charge in [0.1, 0.15) is 0 Å². The van der Waals surface area contributed by atoms with Crippen molar-refractivity contribution in [1.29, 1.82) is 0 Å². The minimum Gasteiger partial charge on any atom is -0.278 e. The lowest BCUT2D eigenvalue weighted by Crippen LogP contribution is -2.14. The number of benzene rings is 12. The van der Waals surface area contributed by atoms with E-state index in [1.807, 2.05) is 0 Å². The molecule has 0 spiro atoms. The molecule has 0 saturated heterocycles. The highest BCUT2D eigenvalue weighted by Crippen LogP contribution is 2.53. The summed E-state index contributed by atoms with van der Waals surface area (Å²) in [7, 11) is 0. The minimum atomic E-state index is -0.273. The molecule has 0 amide bonds. The second-order valence-corrected chi connectivity index (χ2v) is 22.9. The van der Waals surface area contributed by atoms with Gasteiger partial charge in [-0.25, -0.2) is 4.98 Å². The molecule has 3 aliphatic rings. The third-order valence-electron chi connectivity index (χ3n) is 17.5. The number of para-hydroxylation sites is 4. The van der Waals surface area contributed by atoms with Crippen molar-refractivity contribution in [1.82, 2.24) is 14.0 Å². The first-order valence-electron chi connectivity index (χ1n) is 28.0. The molecule has 0 atom stereocenters. The van der Waals surface area contributed by atoms with Gasteiger partial charge in [0.15, 0.2) is 0 Å². The van der Waals surface area contributed by atoms with E-state index in [-0.39, 0.29) is 5.41 Å². The van der Waals surface area contributed by atoms with E-state index in [0.717, 1.165) is 33.5 Å². The summed E-state index contributed by atoms with van der Waals surface area (Å²) in [6.45, 7) is 7.22. The fraction of sp³-hybridized carbons (Fsp3) is 0.0519. The molecule has 17 rings (SSSR count). The molecule has 12 aromatic carbocycles. The predicted octanol–water partition coefficient (Wildman–Crippen LogP) is 21.0. The lowest BCUT2D eigenvalue weighted by atomic mass is 9.75. The van der Waals surface area contributed by atoms with Gasteiger partial charge in [-0.2, -0.15) is 0 Å².